The van der Waals surface area contributed by atoms with Gasteiger partial charge >= 0.3 is 0 Å². The Morgan fingerprint density at radius 2 is 2.00 bits per heavy atom. The van der Waals surface area contributed by atoms with Crippen molar-refractivity contribution in [2.24, 2.45) is 5.16 Å². The van der Waals surface area contributed by atoms with Crippen LogP contribution in [0.25, 0.3) is 0 Å². The number of benzene rings is 1. The van der Waals surface area contributed by atoms with Gasteiger partial charge in [-0.25, -0.2) is 0 Å². The third-order valence-electron chi connectivity index (χ3n) is 1.15. The molecule has 4 heteroatoms. The van der Waals surface area contributed by atoms with Crippen LogP contribution >= 0.6 is 23.2 Å². The lowest BCUT2D eigenvalue weighted by molar-refractivity contribution is 0.322. The van der Waals surface area contributed by atoms with Gasteiger partial charge in [-0.3, -0.25) is 0 Å². The molecule has 0 aliphatic heterocycles. The summed E-state index contributed by atoms with van der Waals surface area (Å²) in [5.41, 5.74) is 0.710. The average molecular weight is 190 g/mol. The van der Waals surface area contributed by atoms with Gasteiger partial charge in [-0.05, 0) is 17.7 Å². The molecule has 0 atom stereocenters. The highest BCUT2D eigenvalue weighted by atomic mass is 35.5. The van der Waals surface area contributed by atoms with Gasteiger partial charge in [-0.1, -0.05) is 34.4 Å². The lowest BCUT2D eigenvalue weighted by Gasteiger charge is -1.95. The van der Waals surface area contributed by atoms with E-state index in [0.717, 1.165) is 0 Å². The molecule has 0 aromatic heterocycles. The highest BCUT2D eigenvalue weighted by Gasteiger charge is 1.96. The SMILES string of the molecule is O/N=C\c1ccc(Cl)c(Cl)c1. The maximum atomic E-state index is 8.17. The second-order valence-electron chi connectivity index (χ2n) is 1.92. The maximum Gasteiger partial charge on any atom is 0.0734 e. The predicted octanol–water partition coefficient (Wildman–Crippen LogP) is 2.80. The number of nitrogens with zero attached hydrogens (tertiary/aromatic N) is 1. The summed E-state index contributed by atoms with van der Waals surface area (Å²) in [6.45, 7) is 0. The van der Waals surface area contributed by atoms with Gasteiger partial charge in [0.25, 0.3) is 0 Å². The lowest BCUT2D eigenvalue weighted by Crippen LogP contribution is -1.80. The van der Waals surface area contributed by atoms with Gasteiger partial charge in [-0.15, -0.1) is 0 Å². The monoisotopic (exact) mass is 189 g/mol. The molecule has 0 aliphatic carbocycles. The van der Waals surface area contributed by atoms with E-state index in [1.165, 1.54) is 6.21 Å². The first-order valence-electron chi connectivity index (χ1n) is 2.86. The van der Waals surface area contributed by atoms with Gasteiger partial charge < -0.3 is 5.21 Å². The summed E-state index contributed by atoms with van der Waals surface area (Å²) >= 11 is 11.3. The lowest BCUT2D eigenvalue weighted by atomic mass is 10.2. The van der Waals surface area contributed by atoms with Crippen LogP contribution in [-0.2, 0) is 0 Å². The Balaban J connectivity index is 3.05. The van der Waals surface area contributed by atoms with Crippen molar-refractivity contribution in [3.8, 4) is 0 Å². The summed E-state index contributed by atoms with van der Waals surface area (Å²) in [5, 5.41) is 12.0. The molecule has 0 heterocycles. The van der Waals surface area contributed by atoms with Gasteiger partial charge in [0, 0.05) is 0 Å². The van der Waals surface area contributed by atoms with Crippen molar-refractivity contribution in [2.45, 2.75) is 0 Å². The van der Waals surface area contributed by atoms with Crippen molar-refractivity contribution in [3.63, 3.8) is 0 Å². The summed E-state index contributed by atoms with van der Waals surface area (Å²) < 4.78 is 0. The molecule has 1 aromatic carbocycles. The fourth-order valence-electron chi connectivity index (χ4n) is 0.659. The van der Waals surface area contributed by atoms with Gasteiger partial charge in [-0.2, -0.15) is 0 Å². The Kier molecular flexibility index (Phi) is 2.74. The van der Waals surface area contributed by atoms with Gasteiger partial charge in [0.15, 0.2) is 0 Å². The summed E-state index contributed by atoms with van der Waals surface area (Å²) in [6, 6.07) is 4.96. The maximum absolute atomic E-state index is 8.17. The van der Waals surface area contributed by atoms with Crippen LogP contribution in [-0.4, -0.2) is 11.4 Å². The van der Waals surface area contributed by atoms with E-state index in [2.05, 4.69) is 5.16 Å². The van der Waals surface area contributed by atoms with Gasteiger partial charge in [0.1, 0.15) is 0 Å². The van der Waals surface area contributed by atoms with E-state index in [4.69, 9.17) is 28.4 Å². The van der Waals surface area contributed by atoms with Crippen molar-refractivity contribution < 1.29 is 5.21 Å². The standard InChI is InChI=1S/C7H5Cl2NO/c8-6-2-1-5(4-10-11)3-7(6)9/h1-4,11H/b10-4-. The van der Waals surface area contributed by atoms with Crippen molar-refractivity contribution in [3.05, 3.63) is 33.8 Å². The van der Waals surface area contributed by atoms with E-state index >= 15 is 0 Å². The summed E-state index contributed by atoms with van der Waals surface area (Å²) in [6.07, 6.45) is 1.28. The van der Waals surface area contributed by atoms with Crippen LogP contribution in [0.3, 0.4) is 0 Å². The smallest absolute Gasteiger partial charge is 0.0734 e. The summed E-state index contributed by atoms with van der Waals surface area (Å²) in [4.78, 5) is 0. The highest BCUT2D eigenvalue weighted by molar-refractivity contribution is 6.42. The molecule has 0 bridgehead atoms. The van der Waals surface area contributed by atoms with E-state index in [9.17, 15) is 0 Å². The Bertz CT molecular complexity index is 286. The third kappa shape index (κ3) is 2.10. The van der Waals surface area contributed by atoms with Crippen molar-refractivity contribution in [1.29, 1.82) is 0 Å². The van der Waals surface area contributed by atoms with Crippen LogP contribution < -0.4 is 0 Å². The Morgan fingerprint density at radius 1 is 1.27 bits per heavy atom. The molecule has 0 fully saturated rings. The van der Waals surface area contributed by atoms with E-state index in [-0.39, 0.29) is 0 Å². The normalized spacial score (nSPS) is 10.7. The van der Waals surface area contributed by atoms with Crippen LogP contribution in [0.2, 0.25) is 10.0 Å². The quantitative estimate of drug-likeness (QED) is 0.412. The molecule has 0 saturated heterocycles. The second-order valence-corrected chi connectivity index (χ2v) is 2.73. The van der Waals surface area contributed by atoms with E-state index < -0.39 is 0 Å². The molecule has 58 valence electrons. The second kappa shape index (κ2) is 3.60. The van der Waals surface area contributed by atoms with E-state index in [1.807, 2.05) is 0 Å². The molecule has 0 amide bonds. The number of halogens is 2. The average Bonchev–Trinajstić information content (AvgIpc) is 1.98. The Hall–Kier alpha value is -0.730. The highest BCUT2D eigenvalue weighted by Crippen LogP contribution is 2.21. The first-order chi connectivity index (χ1) is 5.24. The number of hydrogen-bond acceptors (Lipinski definition) is 2. The van der Waals surface area contributed by atoms with E-state index in [0.29, 0.717) is 15.6 Å². The number of hydrogen-bond donors (Lipinski definition) is 1. The molecule has 11 heavy (non-hydrogen) atoms. The largest absolute Gasteiger partial charge is 0.411 e. The van der Waals surface area contributed by atoms with Crippen molar-refractivity contribution in [1.82, 2.24) is 0 Å². The van der Waals surface area contributed by atoms with E-state index in [1.54, 1.807) is 18.2 Å². The van der Waals surface area contributed by atoms with Crippen LogP contribution in [0.1, 0.15) is 5.56 Å². The third-order valence-corrected chi connectivity index (χ3v) is 1.89. The molecule has 1 rings (SSSR count). The summed E-state index contributed by atoms with van der Waals surface area (Å²) in [5.74, 6) is 0. The number of oxime groups is 1. The Labute approximate surface area is 74.0 Å². The van der Waals surface area contributed by atoms with Crippen LogP contribution in [0.4, 0.5) is 0 Å². The molecule has 1 N–H and O–H groups in total. The predicted molar refractivity (Wildman–Crippen MR) is 45.8 cm³/mol. The molecule has 0 unspecified atom stereocenters. The number of rotatable bonds is 1. The molecule has 0 aliphatic rings. The molecule has 1 aromatic rings. The first-order valence-corrected chi connectivity index (χ1v) is 3.62. The molecule has 0 radical (unpaired) electrons. The van der Waals surface area contributed by atoms with Crippen molar-refractivity contribution >= 4 is 29.4 Å². The Morgan fingerprint density at radius 3 is 2.55 bits per heavy atom. The molecule has 0 saturated carbocycles. The zero-order valence-electron chi connectivity index (χ0n) is 5.46. The minimum atomic E-state index is 0.448. The minimum absolute atomic E-state index is 0.448. The minimum Gasteiger partial charge on any atom is -0.411 e. The van der Waals surface area contributed by atoms with Gasteiger partial charge in [0.05, 0.1) is 16.3 Å². The van der Waals surface area contributed by atoms with Crippen molar-refractivity contribution in [2.75, 3.05) is 0 Å². The van der Waals surface area contributed by atoms with Crippen LogP contribution in [0, 0.1) is 0 Å². The van der Waals surface area contributed by atoms with Gasteiger partial charge in [0.2, 0.25) is 0 Å². The fourth-order valence-corrected chi connectivity index (χ4v) is 0.966. The zero-order chi connectivity index (χ0) is 8.27. The molecule has 0 spiro atoms. The molecule has 2 nitrogen and oxygen atoms in total. The van der Waals surface area contributed by atoms with Crippen LogP contribution in [0.15, 0.2) is 23.4 Å². The fraction of sp³-hybridized carbons (Fsp3) is 0. The topological polar surface area (TPSA) is 32.6 Å². The molecular weight excluding hydrogens is 185 g/mol. The zero-order valence-corrected chi connectivity index (χ0v) is 6.97. The molecular formula is C7H5Cl2NO. The summed E-state index contributed by atoms with van der Waals surface area (Å²) in [7, 11) is 0. The van der Waals surface area contributed by atoms with Crippen LogP contribution in [0.5, 0.6) is 0 Å². The first kappa shape index (κ1) is 8.37.